The quantitative estimate of drug-likeness (QED) is 0.112. The number of carbonyl (C=O) groups is 2. The lowest BCUT2D eigenvalue weighted by Crippen LogP contribution is -2.44. The van der Waals surface area contributed by atoms with E-state index in [4.69, 9.17) is 23.9 Å². The summed E-state index contributed by atoms with van der Waals surface area (Å²) in [4.78, 5) is 40.3. The average molecular weight is 682 g/mol. The Kier molecular flexibility index (Phi) is 10.9. The number of amides is 2. The Balaban J connectivity index is 1.02. The molecule has 0 saturated carbocycles. The van der Waals surface area contributed by atoms with Crippen molar-refractivity contribution in [1.82, 2.24) is 9.80 Å². The standard InChI is InChI=1S/C39H47N5O6/c1-26-16-35(47-4)37(20-33(26)40-22-30-10-9-13-43(30)25-45)49-14-7-6-8-15-50-38-21-34-32(19-36(38)48-5)39(46)44-24-28-18-29(42(2)3)12-11-27(28)17-31(44)23-41-34/h11-12,16,18-23,25,30-31H,6-10,13-15,17,24H2,1-5H3. The van der Waals surface area contributed by atoms with E-state index in [1.165, 1.54) is 5.56 Å². The lowest BCUT2D eigenvalue weighted by atomic mass is 9.93. The van der Waals surface area contributed by atoms with Gasteiger partial charge in [-0.25, -0.2) is 0 Å². The van der Waals surface area contributed by atoms with Gasteiger partial charge in [0, 0.05) is 57.4 Å². The van der Waals surface area contributed by atoms with Crippen molar-refractivity contribution >= 4 is 41.8 Å². The molecule has 2 unspecified atom stereocenters. The van der Waals surface area contributed by atoms with Gasteiger partial charge < -0.3 is 33.6 Å². The Morgan fingerprint density at radius 2 is 1.68 bits per heavy atom. The maximum absolute atomic E-state index is 13.8. The largest absolute Gasteiger partial charge is 0.493 e. The van der Waals surface area contributed by atoms with Crippen LogP contribution in [0.25, 0.3) is 0 Å². The minimum absolute atomic E-state index is 0.0273. The van der Waals surface area contributed by atoms with Crippen LogP contribution in [0.2, 0.25) is 0 Å². The number of likely N-dealkylation sites (tertiary alicyclic amines) is 1. The van der Waals surface area contributed by atoms with Crippen LogP contribution >= 0.6 is 0 Å². The maximum Gasteiger partial charge on any atom is 0.257 e. The van der Waals surface area contributed by atoms with Crippen molar-refractivity contribution in [3.05, 3.63) is 64.7 Å². The molecule has 1 fully saturated rings. The molecule has 0 aliphatic carbocycles. The molecule has 0 N–H and O–H groups in total. The summed E-state index contributed by atoms with van der Waals surface area (Å²) in [5, 5.41) is 0. The minimum Gasteiger partial charge on any atom is -0.493 e. The second-order valence-corrected chi connectivity index (χ2v) is 13.2. The summed E-state index contributed by atoms with van der Waals surface area (Å²) in [5.41, 5.74) is 6.40. The Labute approximate surface area is 294 Å². The van der Waals surface area contributed by atoms with E-state index in [1.54, 1.807) is 25.2 Å². The van der Waals surface area contributed by atoms with E-state index >= 15 is 0 Å². The average Bonchev–Trinajstić information content (AvgIpc) is 3.55. The molecule has 11 nitrogen and oxygen atoms in total. The number of fused-ring (bicyclic) bond motifs is 3. The van der Waals surface area contributed by atoms with Crippen molar-refractivity contribution in [2.75, 3.05) is 53.0 Å². The Morgan fingerprint density at radius 1 is 0.940 bits per heavy atom. The molecule has 0 radical (unpaired) electrons. The highest BCUT2D eigenvalue weighted by Crippen LogP contribution is 2.39. The minimum atomic E-state index is -0.115. The molecule has 3 aromatic carbocycles. The molecule has 0 bridgehead atoms. The molecular formula is C39H47N5O6. The van der Waals surface area contributed by atoms with Gasteiger partial charge >= 0.3 is 0 Å². The zero-order valence-corrected chi connectivity index (χ0v) is 29.7. The van der Waals surface area contributed by atoms with Crippen molar-refractivity contribution in [3.63, 3.8) is 0 Å². The fourth-order valence-electron chi connectivity index (χ4n) is 6.73. The maximum atomic E-state index is 13.8. The van der Waals surface area contributed by atoms with Crippen molar-refractivity contribution in [1.29, 1.82) is 0 Å². The van der Waals surface area contributed by atoms with Gasteiger partial charge in [-0.2, -0.15) is 0 Å². The van der Waals surface area contributed by atoms with Gasteiger partial charge in [0.25, 0.3) is 5.91 Å². The van der Waals surface area contributed by atoms with Crippen molar-refractivity contribution in [3.8, 4) is 23.0 Å². The third-order valence-corrected chi connectivity index (χ3v) is 9.68. The van der Waals surface area contributed by atoms with Gasteiger partial charge in [0.15, 0.2) is 23.0 Å². The zero-order chi connectivity index (χ0) is 35.2. The topological polar surface area (TPSA) is 105 Å². The van der Waals surface area contributed by atoms with Gasteiger partial charge in [0.1, 0.15) is 0 Å². The zero-order valence-electron chi connectivity index (χ0n) is 29.7. The van der Waals surface area contributed by atoms with Gasteiger partial charge in [0.05, 0.1) is 56.5 Å². The number of aryl methyl sites for hydroxylation is 1. The third kappa shape index (κ3) is 7.56. The summed E-state index contributed by atoms with van der Waals surface area (Å²) >= 11 is 0. The predicted molar refractivity (Wildman–Crippen MR) is 196 cm³/mol. The number of unbranched alkanes of at least 4 members (excludes halogenated alkanes) is 2. The second kappa shape index (κ2) is 15.7. The number of benzene rings is 3. The SMILES string of the molecule is COc1cc(C)c(N=CC2CCCN2C=O)cc1OCCCCCOc1cc2c(cc1OC)C(=O)N1Cc3cc(N(C)C)ccc3CC1C=N2. The third-order valence-electron chi connectivity index (χ3n) is 9.68. The molecule has 264 valence electrons. The summed E-state index contributed by atoms with van der Waals surface area (Å²) in [7, 11) is 7.26. The normalized spacial score (nSPS) is 18.0. The number of rotatable bonds is 14. The number of methoxy groups -OCH3 is 2. The molecule has 0 aromatic heterocycles. The highest BCUT2D eigenvalue weighted by atomic mass is 16.5. The summed E-state index contributed by atoms with van der Waals surface area (Å²) in [6.07, 6.45) is 9.79. The van der Waals surface area contributed by atoms with E-state index in [1.807, 2.05) is 56.5 Å². The van der Waals surface area contributed by atoms with E-state index in [-0.39, 0.29) is 18.0 Å². The van der Waals surface area contributed by atoms with E-state index < -0.39 is 0 Å². The van der Waals surface area contributed by atoms with Crippen LogP contribution in [-0.4, -0.2) is 94.7 Å². The van der Waals surface area contributed by atoms with Gasteiger partial charge in [-0.05, 0) is 86.4 Å². The van der Waals surface area contributed by atoms with Gasteiger partial charge in [0.2, 0.25) is 6.41 Å². The van der Waals surface area contributed by atoms with Gasteiger partial charge in [-0.15, -0.1) is 0 Å². The van der Waals surface area contributed by atoms with E-state index in [2.05, 4.69) is 28.1 Å². The van der Waals surface area contributed by atoms with Gasteiger partial charge in [-0.1, -0.05) is 6.07 Å². The number of ether oxygens (including phenoxy) is 4. The van der Waals surface area contributed by atoms with Crippen LogP contribution in [0, 0.1) is 6.92 Å². The first-order valence-corrected chi connectivity index (χ1v) is 17.4. The lowest BCUT2D eigenvalue weighted by molar-refractivity contribution is -0.117. The predicted octanol–water partition coefficient (Wildman–Crippen LogP) is 6.31. The van der Waals surface area contributed by atoms with Crippen molar-refractivity contribution < 1.29 is 28.5 Å². The Bertz CT molecular complexity index is 1770. The molecule has 6 rings (SSSR count). The number of carbonyl (C=O) groups excluding carboxylic acids is 2. The molecule has 3 aliphatic rings. The molecule has 3 aliphatic heterocycles. The molecular weight excluding hydrogens is 634 g/mol. The molecule has 50 heavy (non-hydrogen) atoms. The Hall–Kier alpha value is -5.06. The fraction of sp³-hybridized carbons (Fsp3) is 0.436. The van der Waals surface area contributed by atoms with Crippen LogP contribution in [0.3, 0.4) is 0 Å². The molecule has 1 saturated heterocycles. The van der Waals surface area contributed by atoms with Crippen molar-refractivity contribution in [2.45, 2.75) is 64.1 Å². The number of hydrogen-bond acceptors (Lipinski definition) is 9. The number of hydrogen-bond donors (Lipinski definition) is 0. The fourth-order valence-corrected chi connectivity index (χ4v) is 6.73. The molecule has 3 aromatic rings. The van der Waals surface area contributed by atoms with E-state index in [9.17, 15) is 9.59 Å². The smallest absolute Gasteiger partial charge is 0.257 e. The van der Waals surface area contributed by atoms with Crippen LogP contribution in [-0.2, 0) is 17.8 Å². The monoisotopic (exact) mass is 681 g/mol. The first kappa shape index (κ1) is 34.8. The van der Waals surface area contributed by atoms with Crippen LogP contribution < -0.4 is 23.8 Å². The Morgan fingerprint density at radius 3 is 2.40 bits per heavy atom. The number of nitrogens with zero attached hydrogens (tertiary/aromatic N) is 5. The lowest BCUT2D eigenvalue weighted by Gasteiger charge is -2.34. The summed E-state index contributed by atoms with van der Waals surface area (Å²) in [6, 6.07) is 13.8. The van der Waals surface area contributed by atoms with Crippen LogP contribution in [0.5, 0.6) is 23.0 Å². The van der Waals surface area contributed by atoms with E-state index in [0.29, 0.717) is 54.0 Å². The second-order valence-electron chi connectivity index (χ2n) is 13.2. The van der Waals surface area contributed by atoms with Crippen LogP contribution in [0.4, 0.5) is 17.1 Å². The molecule has 2 atom stereocenters. The first-order valence-electron chi connectivity index (χ1n) is 17.4. The van der Waals surface area contributed by atoms with Crippen molar-refractivity contribution in [2.24, 2.45) is 9.98 Å². The molecule has 0 spiro atoms. The van der Waals surface area contributed by atoms with Crippen LogP contribution in [0.1, 0.15) is 59.2 Å². The summed E-state index contributed by atoms with van der Waals surface area (Å²) in [5.74, 6) is 2.32. The van der Waals surface area contributed by atoms with Crippen LogP contribution in [0.15, 0.2) is 52.4 Å². The first-order chi connectivity index (χ1) is 24.3. The van der Waals surface area contributed by atoms with E-state index in [0.717, 1.165) is 74.0 Å². The summed E-state index contributed by atoms with van der Waals surface area (Å²) in [6.45, 7) is 4.28. The molecule has 3 heterocycles. The molecule has 11 heteroatoms. The highest BCUT2D eigenvalue weighted by molar-refractivity contribution is 6.03. The number of anilines is 1. The number of aliphatic imine (C=N–C) groups is 2. The summed E-state index contributed by atoms with van der Waals surface area (Å²) < 4.78 is 23.5. The van der Waals surface area contributed by atoms with Gasteiger partial charge in [-0.3, -0.25) is 19.6 Å². The molecule has 2 amide bonds. The highest BCUT2D eigenvalue weighted by Gasteiger charge is 2.33.